The molecule has 7 heteroatoms. The minimum atomic E-state index is -1.02. The van der Waals surface area contributed by atoms with Crippen LogP contribution in [0.4, 0.5) is 5.69 Å². The Morgan fingerprint density at radius 3 is 2.78 bits per heavy atom. The lowest BCUT2D eigenvalue weighted by atomic mass is 10.2. The van der Waals surface area contributed by atoms with Gasteiger partial charge in [-0.1, -0.05) is 6.07 Å². The Bertz CT molecular complexity index is 831. The Labute approximate surface area is 136 Å². The molecule has 2 heterocycles. The first-order valence-corrected chi connectivity index (χ1v) is 7.46. The van der Waals surface area contributed by atoms with Crippen LogP contribution < -0.4 is 5.32 Å². The zero-order chi connectivity index (χ0) is 16.2. The van der Waals surface area contributed by atoms with Gasteiger partial charge in [-0.2, -0.15) is 0 Å². The Morgan fingerprint density at radius 1 is 1.26 bits per heavy atom. The number of carbonyl (C=O) groups excluding carboxylic acids is 1. The second-order valence-corrected chi connectivity index (χ2v) is 5.65. The van der Waals surface area contributed by atoms with Gasteiger partial charge in [-0.15, -0.1) is 0 Å². The molecule has 1 amide bonds. The number of carboxylic acid groups (broad SMARTS) is 1. The predicted molar refractivity (Wildman–Crippen MR) is 88.4 cm³/mol. The van der Waals surface area contributed by atoms with E-state index in [0.29, 0.717) is 15.8 Å². The summed E-state index contributed by atoms with van der Waals surface area (Å²) in [5.41, 5.74) is 1.48. The number of carboxylic acids is 1. The van der Waals surface area contributed by atoms with Gasteiger partial charge in [-0.05, 0) is 53.7 Å². The van der Waals surface area contributed by atoms with Crippen LogP contribution in [-0.4, -0.2) is 27.1 Å². The molecule has 23 heavy (non-hydrogen) atoms. The van der Waals surface area contributed by atoms with E-state index in [2.05, 4.69) is 15.3 Å². The topological polar surface area (TPSA) is 91.7 Å². The molecule has 1 aromatic carbocycles. The molecule has 0 saturated carbocycles. The number of benzene rings is 1. The number of aromatic carboxylic acids is 1. The quantitative estimate of drug-likeness (QED) is 0.847. The van der Waals surface area contributed by atoms with Crippen LogP contribution in [0.1, 0.15) is 15.9 Å². The van der Waals surface area contributed by atoms with E-state index in [1.54, 1.807) is 42.7 Å². The number of hydrogen-bond acceptors (Lipinski definition) is 5. The van der Waals surface area contributed by atoms with E-state index >= 15 is 0 Å². The number of rotatable bonds is 3. The number of nitrogens with zero attached hydrogens (tertiary/aromatic N) is 2. The number of nitrogens with one attached hydrogen (secondary N) is 1. The van der Waals surface area contributed by atoms with Crippen molar-refractivity contribution in [2.75, 3.05) is 0 Å². The third-order valence-corrected chi connectivity index (χ3v) is 3.89. The molecule has 0 bridgehead atoms. The van der Waals surface area contributed by atoms with E-state index in [1.165, 1.54) is 23.9 Å². The Balaban J connectivity index is 1.83. The lowest BCUT2D eigenvalue weighted by Gasteiger charge is -1.98. The summed E-state index contributed by atoms with van der Waals surface area (Å²) in [5.74, 6) is -1.26. The molecule has 0 radical (unpaired) electrons. The molecule has 0 aliphatic carbocycles. The van der Waals surface area contributed by atoms with E-state index in [0.717, 1.165) is 5.56 Å². The fourth-order valence-corrected chi connectivity index (χ4v) is 2.76. The lowest BCUT2D eigenvalue weighted by Crippen LogP contribution is -2.19. The maximum Gasteiger partial charge on any atom is 0.335 e. The van der Waals surface area contributed by atoms with Crippen molar-refractivity contribution in [3.05, 3.63) is 64.8 Å². The lowest BCUT2D eigenvalue weighted by molar-refractivity contribution is -0.115. The van der Waals surface area contributed by atoms with Crippen molar-refractivity contribution >= 4 is 40.6 Å². The van der Waals surface area contributed by atoms with Gasteiger partial charge in [0.25, 0.3) is 5.91 Å². The zero-order valence-electron chi connectivity index (χ0n) is 11.8. The van der Waals surface area contributed by atoms with Gasteiger partial charge in [0.05, 0.1) is 16.2 Å². The molecule has 1 aromatic heterocycles. The summed E-state index contributed by atoms with van der Waals surface area (Å²) in [6.07, 6.45) is 5.05. The maximum absolute atomic E-state index is 12.0. The number of aromatic nitrogens is 1. The van der Waals surface area contributed by atoms with E-state index in [4.69, 9.17) is 5.11 Å². The van der Waals surface area contributed by atoms with Gasteiger partial charge < -0.3 is 10.4 Å². The van der Waals surface area contributed by atoms with Gasteiger partial charge >= 0.3 is 5.97 Å². The largest absolute Gasteiger partial charge is 0.478 e. The van der Waals surface area contributed by atoms with Crippen LogP contribution in [0.5, 0.6) is 0 Å². The van der Waals surface area contributed by atoms with Crippen LogP contribution in [0.25, 0.3) is 6.08 Å². The normalized spacial score (nSPS) is 17.5. The standard InChI is InChI=1S/C16H11N3O3S/c20-14-13(8-10-4-6-17-7-5-10)23-16(19-14)18-12-3-1-2-11(9-12)15(21)22/h1-9H,(H,21,22)(H,18,19,20)/b13-8-. The average Bonchev–Trinajstić information content (AvgIpc) is 2.88. The van der Waals surface area contributed by atoms with E-state index in [1.807, 2.05) is 0 Å². The summed E-state index contributed by atoms with van der Waals surface area (Å²) < 4.78 is 0. The minimum Gasteiger partial charge on any atom is -0.478 e. The summed E-state index contributed by atoms with van der Waals surface area (Å²) in [6.45, 7) is 0. The van der Waals surface area contributed by atoms with Crippen molar-refractivity contribution < 1.29 is 14.7 Å². The minimum absolute atomic E-state index is 0.147. The zero-order valence-corrected chi connectivity index (χ0v) is 12.6. The Kier molecular flexibility index (Phi) is 4.20. The number of hydrogen-bond donors (Lipinski definition) is 2. The Hall–Kier alpha value is -2.93. The highest BCUT2D eigenvalue weighted by Crippen LogP contribution is 2.28. The number of pyridine rings is 1. The van der Waals surface area contributed by atoms with Gasteiger partial charge in [0.2, 0.25) is 0 Å². The third kappa shape index (κ3) is 3.64. The molecule has 2 aromatic rings. The molecule has 0 atom stereocenters. The second-order valence-electron chi connectivity index (χ2n) is 4.62. The number of carbonyl (C=O) groups is 2. The molecular weight excluding hydrogens is 314 g/mol. The first-order chi connectivity index (χ1) is 11.1. The highest BCUT2D eigenvalue weighted by atomic mass is 32.2. The third-order valence-electron chi connectivity index (χ3n) is 2.98. The summed E-state index contributed by atoms with van der Waals surface area (Å²) in [7, 11) is 0. The van der Waals surface area contributed by atoms with Crippen molar-refractivity contribution in [3.8, 4) is 0 Å². The fourth-order valence-electron chi connectivity index (χ4n) is 1.92. The van der Waals surface area contributed by atoms with Crippen molar-refractivity contribution in [1.82, 2.24) is 10.3 Å². The number of aliphatic imine (C=N–C) groups is 1. The number of amides is 1. The SMILES string of the molecule is O=C1NC(=Nc2cccc(C(=O)O)c2)S/C1=C\c1ccncc1. The van der Waals surface area contributed by atoms with Gasteiger partial charge in [0, 0.05) is 12.4 Å². The van der Waals surface area contributed by atoms with Crippen LogP contribution >= 0.6 is 11.8 Å². The predicted octanol–water partition coefficient (Wildman–Crippen LogP) is 2.67. The van der Waals surface area contributed by atoms with E-state index in [9.17, 15) is 9.59 Å². The number of thioether (sulfide) groups is 1. The van der Waals surface area contributed by atoms with Gasteiger partial charge in [-0.25, -0.2) is 9.79 Å². The van der Waals surface area contributed by atoms with E-state index < -0.39 is 5.97 Å². The molecule has 0 unspecified atom stereocenters. The smallest absolute Gasteiger partial charge is 0.335 e. The van der Waals surface area contributed by atoms with Gasteiger partial charge in [0.1, 0.15) is 0 Å². The fraction of sp³-hybridized carbons (Fsp3) is 0. The van der Waals surface area contributed by atoms with Crippen LogP contribution in [-0.2, 0) is 4.79 Å². The average molecular weight is 325 g/mol. The molecule has 1 aliphatic rings. The highest BCUT2D eigenvalue weighted by Gasteiger charge is 2.23. The molecule has 2 N–H and O–H groups in total. The van der Waals surface area contributed by atoms with E-state index in [-0.39, 0.29) is 11.5 Å². The van der Waals surface area contributed by atoms with Crippen LogP contribution in [0.2, 0.25) is 0 Å². The molecule has 0 spiro atoms. The summed E-state index contributed by atoms with van der Waals surface area (Å²) in [6, 6.07) is 9.82. The molecule has 1 saturated heterocycles. The van der Waals surface area contributed by atoms with Crippen molar-refractivity contribution in [2.24, 2.45) is 4.99 Å². The van der Waals surface area contributed by atoms with Crippen LogP contribution in [0.15, 0.2) is 58.7 Å². The first kappa shape index (κ1) is 15.0. The highest BCUT2D eigenvalue weighted by molar-refractivity contribution is 8.18. The second kappa shape index (κ2) is 6.45. The van der Waals surface area contributed by atoms with Crippen molar-refractivity contribution in [2.45, 2.75) is 0 Å². The summed E-state index contributed by atoms with van der Waals surface area (Å²) in [5, 5.41) is 12.1. The molecule has 1 aliphatic heterocycles. The maximum atomic E-state index is 12.0. The molecule has 6 nitrogen and oxygen atoms in total. The molecule has 114 valence electrons. The van der Waals surface area contributed by atoms with Crippen molar-refractivity contribution in [1.29, 1.82) is 0 Å². The van der Waals surface area contributed by atoms with Gasteiger partial charge in [0.15, 0.2) is 5.17 Å². The summed E-state index contributed by atoms with van der Waals surface area (Å²) >= 11 is 1.21. The first-order valence-electron chi connectivity index (χ1n) is 6.65. The number of amidine groups is 1. The van der Waals surface area contributed by atoms with Crippen LogP contribution in [0.3, 0.4) is 0 Å². The Morgan fingerprint density at radius 2 is 2.04 bits per heavy atom. The van der Waals surface area contributed by atoms with Crippen molar-refractivity contribution in [3.63, 3.8) is 0 Å². The molecule has 3 rings (SSSR count). The molecule has 1 fully saturated rings. The summed E-state index contributed by atoms with van der Waals surface area (Å²) in [4.78, 5) is 31.6. The van der Waals surface area contributed by atoms with Crippen LogP contribution in [0, 0.1) is 0 Å². The molecular formula is C16H11N3O3S. The van der Waals surface area contributed by atoms with Gasteiger partial charge in [-0.3, -0.25) is 9.78 Å². The monoisotopic (exact) mass is 325 g/mol.